The molecule has 4 aromatic carbocycles. The van der Waals surface area contributed by atoms with Crippen LogP contribution in [0, 0.1) is 3.57 Å². The first-order valence-electron chi connectivity index (χ1n) is 12.0. The Morgan fingerprint density at radius 2 is 1.68 bits per heavy atom. The van der Waals surface area contributed by atoms with E-state index in [1.165, 1.54) is 4.90 Å². The first kappa shape index (κ1) is 26.8. The number of imide groups is 1. The van der Waals surface area contributed by atoms with Crippen molar-refractivity contribution in [2.45, 2.75) is 20.1 Å². The van der Waals surface area contributed by atoms with Gasteiger partial charge >= 0.3 is 0 Å². The molecule has 0 saturated carbocycles. The summed E-state index contributed by atoms with van der Waals surface area (Å²) in [6, 6.07) is 25.8. The molecular weight excluding hydrogens is 677 g/mol. The predicted octanol–water partition coefficient (Wildman–Crippen LogP) is 8.42. The second kappa shape index (κ2) is 11.9. The minimum Gasteiger partial charge on any atom is -0.490 e. The number of hydrogen-bond acceptors (Lipinski definition) is 5. The first-order valence-corrected chi connectivity index (χ1v) is 14.7. The lowest BCUT2D eigenvalue weighted by Gasteiger charge is -2.16. The Morgan fingerprint density at radius 3 is 2.50 bits per heavy atom. The second-order valence-electron chi connectivity index (χ2n) is 8.55. The zero-order chi connectivity index (χ0) is 26.6. The Kier molecular flexibility index (Phi) is 8.40. The molecule has 0 atom stereocenters. The molecule has 0 aromatic heterocycles. The van der Waals surface area contributed by atoms with E-state index in [0.29, 0.717) is 29.6 Å². The SMILES string of the molecule is CCOc1cc(/C=C2/SC(=O)N(Cc3ccccc3Br)C2=O)cc(I)c1OCc1cccc2ccccc12. The van der Waals surface area contributed by atoms with Crippen LogP contribution in [0.3, 0.4) is 0 Å². The largest absolute Gasteiger partial charge is 0.490 e. The average Bonchev–Trinajstić information content (AvgIpc) is 3.17. The summed E-state index contributed by atoms with van der Waals surface area (Å²) in [6.45, 7) is 2.99. The van der Waals surface area contributed by atoms with Gasteiger partial charge in [0.1, 0.15) is 6.61 Å². The highest BCUT2D eigenvalue weighted by molar-refractivity contribution is 14.1. The molecule has 0 bridgehead atoms. The summed E-state index contributed by atoms with van der Waals surface area (Å²) in [5.41, 5.74) is 2.72. The molecule has 2 amide bonds. The van der Waals surface area contributed by atoms with Crippen LogP contribution < -0.4 is 9.47 Å². The summed E-state index contributed by atoms with van der Waals surface area (Å²) in [6.07, 6.45) is 1.74. The quantitative estimate of drug-likeness (QED) is 0.137. The number of amides is 2. The van der Waals surface area contributed by atoms with Crippen LogP contribution in [0.1, 0.15) is 23.6 Å². The van der Waals surface area contributed by atoms with Gasteiger partial charge in [-0.05, 0) is 93.0 Å². The van der Waals surface area contributed by atoms with Gasteiger partial charge in [0, 0.05) is 4.47 Å². The summed E-state index contributed by atoms with van der Waals surface area (Å²) in [5.74, 6) is 0.943. The highest BCUT2D eigenvalue weighted by Gasteiger charge is 2.35. The normalized spacial score (nSPS) is 14.5. The Labute approximate surface area is 247 Å². The molecule has 1 fully saturated rings. The van der Waals surface area contributed by atoms with E-state index in [2.05, 4.69) is 62.8 Å². The van der Waals surface area contributed by atoms with Crippen molar-refractivity contribution in [2.24, 2.45) is 0 Å². The van der Waals surface area contributed by atoms with E-state index in [1.54, 1.807) is 6.08 Å². The number of hydrogen-bond donors (Lipinski definition) is 0. The highest BCUT2D eigenvalue weighted by atomic mass is 127. The number of rotatable bonds is 8. The van der Waals surface area contributed by atoms with Crippen molar-refractivity contribution in [3.8, 4) is 11.5 Å². The standard InChI is InChI=1S/C30H23BrINO4S/c1-2-36-26-15-19(16-27-29(34)33(30(35)38-27)17-21-9-4-6-13-24(21)31)14-25(32)28(26)37-18-22-11-7-10-20-8-3-5-12-23(20)22/h3-16H,2,17-18H2,1H3/b27-16+. The summed E-state index contributed by atoms with van der Waals surface area (Å²) in [4.78, 5) is 27.4. The molecule has 5 nitrogen and oxygen atoms in total. The Bertz CT molecular complexity index is 1570. The lowest BCUT2D eigenvalue weighted by molar-refractivity contribution is -0.123. The maximum absolute atomic E-state index is 13.1. The smallest absolute Gasteiger partial charge is 0.293 e. The first-order chi connectivity index (χ1) is 18.4. The molecular formula is C30H23BrINO4S. The van der Waals surface area contributed by atoms with Gasteiger partial charge in [0.05, 0.1) is 21.6 Å². The van der Waals surface area contributed by atoms with E-state index in [1.807, 2.05) is 61.5 Å². The van der Waals surface area contributed by atoms with Gasteiger partial charge in [-0.25, -0.2) is 0 Å². The van der Waals surface area contributed by atoms with E-state index in [4.69, 9.17) is 9.47 Å². The van der Waals surface area contributed by atoms with E-state index in [-0.39, 0.29) is 17.7 Å². The molecule has 0 radical (unpaired) electrons. The molecule has 5 rings (SSSR count). The minimum absolute atomic E-state index is 0.214. The molecule has 192 valence electrons. The van der Waals surface area contributed by atoms with Crippen molar-refractivity contribution in [1.82, 2.24) is 4.90 Å². The fraction of sp³-hybridized carbons (Fsp3) is 0.133. The van der Waals surface area contributed by atoms with E-state index >= 15 is 0 Å². The third-order valence-electron chi connectivity index (χ3n) is 6.04. The van der Waals surface area contributed by atoms with Crippen molar-refractivity contribution in [3.05, 3.63) is 109 Å². The van der Waals surface area contributed by atoms with Gasteiger partial charge in [-0.3, -0.25) is 14.5 Å². The van der Waals surface area contributed by atoms with Crippen molar-refractivity contribution in [2.75, 3.05) is 6.61 Å². The molecule has 1 saturated heterocycles. The molecule has 8 heteroatoms. The topological polar surface area (TPSA) is 55.8 Å². The monoisotopic (exact) mass is 699 g/mol. The summed E-state index contributed by atoms with van der Waals surface area (Å²) >= 11 is 6.66. The molecule has 1 aliphatic heterocycles. The molecule has 0 spiro atoms. The van der Waals surface area contributed by atoms with Crippen molar-refractivity contribution < 1.29 is 19.1 Å². The predicted molar refractivity (Wildman–Crippen MR) is 164 cm³/mol. The zero-order valence-electron chi connectivity index (χ0n) is 20.4. The Balaban J connectivity index is 1.39. The van der Waals surface area contributed by atoms with Gasteiger partial charge < -0.3 is 9.47 Å². The molecule has 1 aliphatic rings. The zero-order valence-corrected chi connectivity index (χ0v) is 25.0. The summed E-state index contributed by atoms with van der Waals surface area (Å²) in [5, 5.41) is 2.03. The van der Waals surface area contributed by atoms with E-state index in [9.17, 15) is 9.59 Å². The number of carbonyl (C=O) groups is 2. The van der Waals surface area contributed by atoms with Gasteiger partial charge in [-0.1, -0.05) is 76.6 Å². The molecule has 0 N–H and O–H groups in total. The van der Waals surface area contributed by atoms with Crippen molar-refractivity contribution in [3.63, 3.8) is 0 Å². The van der Waals surface area contributed by atoms with Crippen LogP contribution in [-0.4, -0.2) is 22.7 Å². The van der Waals surface area contributed by atoms with Crippen LogP contribution in [0.15, 0.2) is 88.2 Å². The van der Waals surface area contributed by atoms with Gasteiger partial charge in [-0.2, -0.15) is 0 Å². The third kappa shape index (κ3) is 5.77. The summed E-state index contributed by atoms with van der Waals surface area (Å²) < 4.78 is 13.9. The molecule has 0 unspecified atom stereocenters. The van der Waals surface area contributed by atoms with Crippen LogP contribution in [0.5, 0.6) is 11.5 Å². The number of fused-ring (bicyclic) bond motifs is 1. The maximum atomic E-state index is 13.1. The van der Waals surface area contributed by atoms with E-state index in [0.717, 1.165) is 47.3 Å². The van der Waals surface area contributed by atoms with Gasteiger partial charge in [-0.15, -0.1) is 0 Å². The van der Waals surface area contributed by atoms with Crippen LogP contribution in [0.25, 0.3) is 16.8 Å². The number of carbonyl (C=O) groups excluding carboxylic acids is 2. The molecule has 38 heavy (non-hydrogen) atoms. The molecule has 4 aromatic rings. The van der Waals surface area contributed by atoms with Crippen molar-refractivity contribution in [1.29, 1.82) is 0 Å². The Hall–Kier alpha value is -2.82. The van der Waals surface area contributed by atoms with E-state index < -0.39 is 0 Å². The minimum atomic E-state index is -0.306. The van der Waals surface area contributed by atoms with Gasteiger partial charge in [0.2, 0.25) is 0 Å². The van der Waals surface area contributed by atoms with Crippen LogP contribution in [-0.2, 0) is 17.9 Å². The fourth-order valence-corrected chi connectivity index (χ4v) is 6.26. The highest BCUT2D eigenvalue weighted by Crippen LogP contribution is 2.38. The lowest BCUT2D eigenvalue weighted by atomic mass is 10.1. The lowest BCUT2D eigenvalue weighted by Crippen LogP contribution is -2.27. The number of nitrogens with zero attached hydrogens (tertiary/aromatic N) is 1. The van der Waals surface area contributed by atoms with Gasteiger partial charge in [0.15, 0.2) is 11.5 Å². The fourth-order valence-electron chi connectivity index (χ4n) is 4.23. The summed E-state index contributed by atoms with van der Waals surface area (Å²) in [7, 11) is 0. The van der Waals surface area contributed by atoms with Crippen LogP contribution >= 0.6 is 50.3 Å². The number of benzene rings is 4. The number of ether oxygens (including phenoxy) is 2. The van der Waals surface area contributed by atoms with Crippen LogP contribution in [0.4, 0.5) is 4.79 Å². The number of thioether (sulfide) groups is 1. The van der Waals surface area contributed by atoms with Crippen molar-refractivity contribution >= 4 is 78.3 Å². The van der Waals surface area contributed by atoms with Gasteiger partial charge in [0.25, 0.3) is 11.1 Å². The number of halogens is 2. The maximum Gasteiger partial charge on any atom is 0.293 e. The third-order valence-corrected chi connectivity index (χ3v) is 8.52. The molecule has 1 heterocycles. The van der Waals surface area contributed by atoms with Crippen LogP contribution in [0.2, 0.25) is 0 Å². The second-order valence-corrected chi connectivity index (χ2v) is 11.6. The molecule has 0 aliphatic carbocycles. The average molecular weight is 700 g/mol. The Morgan fingerprint density at radius 1 is 0.947 bits per heavy atom.